The van der Waals surface area contributed by atoms with Crippen molar-refractivity contribution in [3.05, 3.63) is 70.3 Å². The first-order valence-corrected chi connectivity index (χ1v) is 9.06. The van der Waals surface area contributed by atoms with Gasteiger partial charge in [0.1, 0.15) is 17.1 Å². The lowest BCUT2D eigenvalue weighted by atomic mass is 10.1. The molecule has 1 aromatic heterocycles. The molecule has 1 saturated heterocycles. The molecule has 0 atom stereocenters. The lowest BCUT2D eigenvalue weighted by Crippen LogP contribution is -2.49. The number of nitrogens with one attached hydrogen (secondary N) is 1. The van der Waals surface area contributed by atoms with Crippen molar-refractivity contribution in [3.63, 3.8) is 0 Å². The molecule has 1 fully saturated rings. The Labute approximate surface area is 161 Å². The summed E-state index contributed by atoms with van der Waals surface area (Å²) in [5, 5.41) is 0.426. The van der Waals surface area contributed by atoms with Crippen molar-refractivity contribution in [2.24, 2.45) is 0 Å². The number of methoxy groups -OCH3 is 1. The fourth-order valence-electron chi connectivity index (χ4n) is 3.47. The Morgan fingerprint density at radius 2 is 1.79 bits per heavy atom. The number of fused-ring (bicyclic) bond motifs is 1. The molecule has 2 aromatic carbocycles. The van der Waals surface area contributed by atoms with Crippen molar-refractivity contribution in [1.82, 2.24) is 9.88 Å². The molecule has 144 valence electrons. The molecule has 4 rings (SSSR count). The van der Waals surface area contributed by atoms with Crippen LogP contribution >= 0.6 is 0 Å². The highest BCUT2D eigenvalue weighted by atomic mass is 19.1. The Morgan fingerprint density at radius 3 is 2.46 bits per heavy atom. The molecule has 3 aromatic rings. The van der Waals surface area contributed by atoms with Gasteiger partial charge in [0.25, 0.3) is 5.91 Å². The molecule has 1 aliphatic rings. The summed E-state index contributed by atoms with van der Waals surface area (Å²) in [6.07, 6.45) is 1.48. The van der Waals surface area contributed by atoms with Crippen LogP contribution in [-0.4, -0.2) is 49.1 Å². The number of halogens is 1. The number of aromatic amines is 1. The van der Waals surface area contributed by atoms with Gasteiger partial charge in [-0.15, -0.1) is 0 Å². The SMILES string of the molecule is COc1ccc2[nH]cc(C(=O)N3CCN(c4ccc(F)cc4)CC3)c(=O)c2c1. The maximum absolute atomic E-state index is 13.1. The number of aromatic nitrogens is 1. The quantitative estimate of drug-likeness (QED) is 0.758. The van der Waals surface area contributed by atoms with Crippen molar-refractivity contribution >= 4 is 22.5 Å². The van der Waals surface area contributed by atoms with E-state index in [1.807, 2.05) is 0 Å². The topological polar surface area (TPSA) is 65.6 Å². The number of hydrogen-bond acceptors (Lipinski definition) is 4. The summed E-state index contributed by atoms with van der Waals surface area (Å²) in [6.45, 7) is 2.23. The van der Waals surface area contributed by atoms with Gasteiger partial charge in [-0.2, -0.15) is 0 Å². The third-order valence-electron chi connectivity index (χ3n) is 5.08. The fourth-order valence-corrected chi connectivity index (χ4v) is 3.47. The van der Waals surface area contributed by atoms with Crippen LogP contribution in [0.5, 0.6) is 5.75 Å². The Hall–Kier alpha value is -3.35. The smallest absolute Gasteiger partial charge is 0.259 e. The molecule has 6 nitrogen and oxygen atoms in total. The van der Waals surface area contributed by atoms with E-state index in [9.17, 15) is 14.0 Å². The molecule has 1 N–H and O–H groups in total. The molecular weight excluding hydrogens is 361 g/mol. The van der Waals surface area contributed by atoms with Gasteiger partial charge in [-0.25, -0.2) is 4.39 Å². The molecule has 0 aliphatic carbocycles. The van der Waals surface area contributed by atoms with Gasteiger partial charge in [0, 0.05) is 49.0 Å². The first-order valence-electron chi connectivity index (χ1n) is 9.06. The zero-order chi connectivity index (χ0) is 19.7. The van der Waals surface area contributed by atoms with Gasteiger partial charge in [0.05, 0.1) is 7.11 Å². The molecule has 0 spiro atoms. The number of anilines is 1. The number of carbonyl (C=O) groups is 1. The Kier molecular flexibility index (Phi) is 4.73. The molecule has 0 bridgehead atoms. The molecule has 0 saturated carbocycles. The summed E-state index contributed by atoms with van der Waals surface area (Å²) in [5.41, 5.74) is 1.39. The number of carbonyl (C=O) groups excluding carboxylic acids is 1. The summed E-state index contributed by atoms with van der Waals surface area (Å²) in [7, 11) is 1.53. The minimum atomic E-state index is -0.307. The summed E-state index contributed by atoms with van der Waals surface area (Å²) in [6, 6.07) is 11.5. The zero-order valence-corrected chi connectivity index (χ0v) is 15.4. The van der Waals surface area contributed by atoms with E-state index in [4.69, 9.17) is 4.74 Å². The number of rotatable bonds is 3. The van der Waals surface area contributed by atoms with Crippen LogP contribution < -0.4 is 15.1 Å². The summed E-state index contributed by atoms with van der Waals surface area (Å²) < 4.78 is 18.3. The lowest BCUT2D eigenvalue weighted by molar-refractivity contribution is 0.0745. The van der Waals surface area contributed by atoms with Crippen LogP contribution in [0.25, 0.3) is 10.9 Å². The van der Waals surface area contributed by atoms with Crippen molar-refractivity contribution < 1.29 is 13.9 Å². The predicted octanol–water partition coefficient (Wildman–Crippen LogP) is 2.64. The molecule has 1 amide bonds. The van der Waals surface area contributed by atoms with Gasteiger partial charge in [-0.3, -0.25) is 9.59 Å². The highest BCUT2D eigenvalue weighted by Crippen LogP contribution is 2.19. The first kappa shape index (κ1) is 18.0. The van der Waals surface area contributed by atoms with E-state index in [1.54, 1.807) is 35.2 Å². The maximum atomic E-state index is 13.1. The van der Waals surface area contributed by atoms with Crippen molar-refractivity contribution in [2.45, 2.75) is 0 Å². The van der Waals surface area contributed by atoms with Crippen LogP contribution in [-0.2, 0) is 0 Å². The Bertz CT molecular complexity index is 1070. The molecule has 2 heterocycles. The van der Waals surface area contributed by atoms with Gasteiger partial charge in [-0.05, 0) is 42.5 Å². The van der Waals surface area contributed by atoms with Crippen molar-refractivity contribution in [1.29, 1.82) is 0 Å². The number of amides is 1. The monoisotopic (exact) mass is 381 g/mol. The third kappa shape index (κ3) is 3.31. The van der Waals surface area contributed by atoms with E-state index in [0.717, 1.165) is 5.69 Å². The second kappa shape index (κ2) is 7.34. The van der Waals surface area contributed by atoms with Crippen molar-refractivity contribution in [3.8, 4) is 5.75 Å². The molecule has 0 radical (unpaired) electrons. The van der Waals surface area contributed by atoms with Gasteiger partial charge >= 0.3 is 0 Å². The van der Waals surface area contributed by atoms with E-state index in [0.29, 0.717) is 42.8 Å². The number of ether oxygens (including phenoxy) is 1. The van der Waals surface area contributed by atoms with Gasteiger partial charge in [0.15, 0.2) is 0 Å². The van der Waals surface area contributed by atoms with E-state index in [2.05, 4.69) is 9.88 Å². The average Bonchev–Trinajstić information content (AvgIpc) is 2.74. The number of pyridine rings is 1. The van der Waals surface area contributed by atoms with Crippen LogP contribution in [0.2, 0.25) is 0 Å². The van der Waals surface area contributed by atoms with E-state index < -0.39 is 0 Å². The molecule has 7 heteroatoms. The molecule has 28 heavy (non-hydrogen) atoms. The number of H-pyrrole nitrogens is 1. The standard InChI is InChI=1S/C21H20FN3O3/c1-28-16-6-7-19-17(12-16)20(26)18(13-23-19)21(27)25-10-8-24(9-11-25)15-4-2-14(22)3-5-15/h2-7,12-13H,8-11H2,1H3,(H,23,26). The summed E-state index contributed by atoms with van der Waals surface area (Å²) in [5.74, 6) is 0.00459. The Balaban J connectivity index is 1.53. The average molecular weight is 381 g/mol. The highest BCUT2D eigenvalue weighted by molar-refractivity contribution is 5.97. The van der Waals surface area contributed by atoms with E-state index in [-0.39, 0.29) is 22.7 Å². The fraction of sp³-hybridized carbons (Fsp3) is 0.238. The third-order valence-corrected chi connectivity index (χ3v) is 5.08. The normalized spacial score (nSPS) is 14.4. The van der Waals surface area contributed by atoms with Crippen LogP contribution in [0.1, 0.15) is 10.4 Å². The minimum absolute atomic E-state index is 0.121. The maximum Gasteiger partial charge on any atom is 0.259 e. The predicted molar refractivity (Wildman–Crippen MR) is 106 cm³/mol. The van der Waals surface area contributed by atoms with Gasteiger partial charge < -0.3 is 19.5 Å². The first-order chi connectivity index (χ1) is 13.6. The second-order valence-corrected chi connectivity index (χ2v) is 6.70. The van der Waals surface area contributed by atoms with E-state index >= 15 is 0 Å². The molecule has 0 unspecified atom stereocenters. The van der Waals surface area contributed by atoms with Crippen LogP contribution in [0.3, 0.4) is 0 Å². The zero-order valence-electron chi connectivity index (χ0n) is 15.4. The summed E-state index contributed by atoms with van der Waals surface area (Å²) >= 11 is 0. The molecule has 1 aliphatic heterocycles. The summed E-state index contributed by atoms with van der Waals surface area (Å²) in [4.78, 5) is 32.5. The number of benzene rings is 2. The van der Waals surface area contributed by atoms with Crippen LogP contribution in [0, 0.1) is 5.82 Å². The van der Waals surface area contributed by atoms with Crippen molar-refractivity contribution in [2.75, 3.05) is 38.2 Å². The van der Waals surface area contributed by atoms with Gasteiger partial charge in [-0.1, -0.05) is 0 Å². The lowest BCUT2D eigenvalue weighted by Gasteiger charge is -2.36. The number of piperazine rings is 1. The number of hydrogen-bond donors (Lipinski definition) is 1. The largest absolute Gasteiger partial charge is 0.497 e. The molecular formula is C21H20FN3O3. The minimum Gasteiger partial charge on any atom is -0.497 e. The van der Waals surface area contributed by atoms with Crippen LogP contribution in [0.15, 0.2) is 53.5 Å². The van der Waals surface area contributed by atoms with Gasteiger partial charge in [0.2, 0.25) is 5.43 Å². The highest BCUT2D eigenvalue weighted by Gasteiger charge is 2.24. The Morgan fingerprint density at radius 1 is 1.07 bits per heavy atom. The number of nitrogens with zero attached hydrogens (tertiary/aromatic N) is 2. The van der Waals surface area contributed by atoms with E-state index in [1.165, 1.54) is 25.4 Å². The second-order valence-electron chi connectivity index (χ2n) is 6.70. The van der Waals surface area contributed by atoms with Crippen LogP contribution in [0.4, 0.5) is 10.1 Å².